The minimum Gasteiger partial charge on any atom is -0.378 e. The maximum absolute atomic E-state index is 13.2. The first-order chi connectivity index (χ1) is 10.1. The van der Waals surface area contributed by atoms with E-state index < -0.39 is 11.6 Å². The Hall–Kier alpha value is -2.35. The lowest BCUT2D eigenvalue weighted by atomic mass is 10.1. The van der Waals surface area contributed by atoms with Crippen molar-refractivity contribution in [2.45, 2.75) is 0 Å². The van der Waals surface area contributed by atoms with Crippen molar-refractivity contribution in [3.05, 3.63) is 36.0 Å². The predicted molar refractivity (Wildman–Crippen MR) is 68.6 cm³/mol. The molecule has 0 radical (unpaired) electrons. The molecule has 2 aromatic rings. The second-order valence-electron chi connectivity index (χ2n) is 4.56. The number of ether oxygens (including phenoxy) is 1. The molecular formula is C13H12F2N4O2. The third-order valence-corrected chi connectivity index (χ3v) is 3.10. The van der Waals surface area contributed by atoms with Gasteiger partial charge >= 0.3 is 6.03 Å². The lowest BCUT2D eigenvalue weighted by Gasteiger charge is -2.25. The average Bonchev–Trinajstić information content (AvgIpc) is 2.96. The number of amides is 1. The Morgan fingerprint density at radius 1 is 1.14 bits per heavy atom. The van der Waals surface area contributed by atoms with Crippen LogP contribution >= 0.6 is 0 Å². The van der Waals surface area contributed by atoms with Crippen LogP contribution in [-0.2, 0) is 4.74 Å². The zero-order valence-electron chi connectivity index (χ0n) is 11.0. The standard InChI is InChI=1S/C13H12F2N4O2/c14-10-5-9(6-11(15)7-10)12-8-16-19(17-12)13(20)18-1-3-21-4-2-18/h5-8H,1-4H2. The van der Waals surface area contributed by atoms with Gasteiger partial charge in [-0.05, 0) is 12.1 Å². The molecule has 21 heavy (non-hydrogen) atoms. The Bertz CT molecular complexity index is 648. The monoisotopic (exact) mass is 294 g/mol. The van der Waals surface area contributed by atoms with Gasteiger partial charge in [0.2, 0.25) is 0 Å². The minimum absolute atomic E-state index is 0.230. The largest absolute Gasteiger partial charge is 0.378 e. The van der Waals surface area contributed by atoms with Gasteiger partial charge in [-0.25, -0.2) is 13.6 Å². The van der Waals surface area contributed by atoms with Gasteiger partial charge in [0, 0.05) is 24.7 Å². The van der Waals surface area contributed by atoms with E-state index in [-0.39, 0.29) is 17.3 Å². The number of carbonyl (C=O) groups excluding carboxylic acids is 1. The van der Waals surface area contributed by atoms with Crippen LogP contribution in [0.1, 0.15) is 0 Å². The van der Waals surface area contributed by atoms with Crippen LogP contribution in [0.25, 0.3) is 11.3 Å². The van der Waals surface area contributed by atoms with E-state index in [1.165, 1.54) is 6.20 Å². The maximum Gasteiger partial charge on any atom is 0.362 e. The van der Waals surface area contributed by atoms with Crippen molar-refractivity contribution in [1.29, 1.82) is 0 Å². The highest BCUT2D eigenvalue weighted by atomic mass is 19.1. The van der Waals surface area contributed by atoms with Gasteiger partial charge < -0.3 is 9.64 Å². The van der Waals surface area contributed by atoms with Crippen LogP contribution in [0.5, 0.6) is 0 Å². The second kappa shape index (κ2) is 5.57. The number of hydrogen-bond acceptors (Lipinski definition) is 4. The maximum atomic E-state index is 13.2. The summed E-state index contributed by atoms with van der Waals surface area (Å²) in [5.74, 6) is -1.42. The van der Waals surface area contributed by atoms with Gasteiger partial charge in [0.25, 0.3) is 0 Å². The molecule has 1 saturated heterocycles. The summed E-state index contributed by atoms with van der Waals surface area (Å²) in [6.45, 7) is 1.86. The van der Waals surface area contributed by atoms with Gasteiger partial charge in [0.05, 0.1) is 19.4 Å². The fourth-order valence-electron chi connectivity index (χ4n) is 2.07. The molecule has 1 aliphatic heterocycles. The second-order valence-corrected chi connectivity index (χ2v) is 4.56. The fraction of sp³-hybridized carbons (Fsp3) is 0.308. The third kappa shape index (κ3) is 2.89. The summed E-state index contributed by atoms with van der Waals surface area (Å²) < 4.78 is 31.5. The molecule has 1 amide bonds. The van der Waals surface area contributed by atoms with Gasteiger partial charge in [0.15, 0.2) is 0 Å². The van der Waals surface area contributed by atoms with Crippen LogP contribution in [0.15, 0.2) is 24.4 Å². The number of aromatic nitrogens is 3. The van der Waals surface area contributed by atoms with Crippen molar-refractivity contribution in [1.82, 2.24) is 19.9 Å². The molecule has 3 rings (SSSR count). The highest BCUT2D eigenvalue weighted by molar-refractivity contribution is 5.75. The molecule has 110 valence electrons. The van der Waals surface area contributed by atoms with E-state index in [0.29, 0.717) is 26.3 Å². The summed E-state index contributed by atoms with van der Waals surface area (Å²) in [5, 5.41) is 7.83. The smallest absolute Gasteiger partial charge is 0.362 e. The lowest BCUT2D eigenvalue weighted by molar-refractivity contribution is 0.0520. The Morgan fingerprint density at radius 2 is 1.81 bits per heavy atom. The van der Waals surface area contributed by atoms with E-state index >= 15 is 0 Å². The molecule has 1 aromatic heterocycles. The van der Waals surface area contributed by atoms with Crippen molar-refractivity contribution in [3.8, 4) is 11.3 Å². The molecule has 0 unspecified atom stereocenters. The number of hydrogen-bond donors (Lipinski definition) is 0. The van der Waals surface area contributed by atoms with Gasteiger partial charge in [-0.2, -0.15) is 5.10 Å². The van der Waals surface area contributed by atoms with Crippen LogP contribution in [0.4, 0.5) is 13.6 Å². The van der Waals surface area contributed by atoms with Crippen molar-refractivity contribution >= 4 is 6.03 Å². The Morgan fingerprint density at radius 3 is 2.48 bits per heavy atom. The van der Waals surface area contributed by atoms with Crippen molar-refractivity contribution in [2.24, 2.45) is 0 Å². The highest BCUT2D eigenvalue weighted by Crippen LogP contribution is 2.19. The molecule has 1 fully saturated rings. The van der Waals surface area contributed by atoms with E-state index in [1.54, 1.807) is 4.90 Å². The molecule has 0 saturated carbocycles. The normalized spacial score (nSPS) is 15.2. The number of benzene rings is 1. The summed E-state index contributed by atoms with van der Waals surface area (Å²) >= 11 is 0. The van der Waals surface area contributed by atoms with Gasteiger partial charge in [-0.15, -0.1) is 5.10 Å². The first-order valence-corrected chi connectivity index (χ1v) is 6.39. The quantitative estimate of drug-likeness (QED) is 0.800. The number of nitrogens with zero attached hydrogens (tertiary/aromatic N) is 4. The van der Waals surface area contributed by atoms with Gasteiger partial charge in [-0.1, -0.05) is 4.80 Å². The minimum atomic E-state index is -0.709. The van der Waals surface area contributed by atoms with Crippen LogP contribution in [-0.4, -0.2) is 52.2 Å². The molecule has 1 aromatic carbocycles. The van der Waals surface area contributed by atoms with Crippen molar-refractivity contribution < 1.29 is 18.3 Å². The van der Waals surface area contributed by atoms with Crippen LogP contribution in [0.3, 0.4) is 0 Å². The van der Waals surface area contributed by atoms with Gasteiger partial charge in [-0.3, -0.25) is 0 Å². The summed E-state index contributed by atoms with van der Waals surface area (Å²) in [6, 6.07) is 2.65. The van der Waals surface area contributed by atoms with Gasteiger partial charge in [0.1, 0.15) is 17.3 Å². The summed E-state index contributed by atoms with van der Waals surface area (Å²) in [6.07, 6.45) is 1.30. The van der Waals surface area contributed by atoms with E-state index in [9.17, 15) is 13.6 Å². The van der Waals surface area contributed by atoms with Crippen molar-refractivity contribution in [3.63, 3.8) is 0 Å². The Balaban J connectivity index is 1.84. The molecule has 8 heteroatoms. The molecule has 0 N–H and O–H groups in total. The van der Waals surface area contributed by atoms with E-state index in [0.717, 1.165) is 23.0 Å². The topological polar surface area (TPSA) is 60.2 Å². The Labute approximate surface area is 118 Å². The molecule has 0 spiro atoms. The van der Waals surface area contributed by atoms with Crippen LogP contribution < -0.4 is 0 Å². The molecule has 0 atom stereocenters. The molecule has 0 aliphatic carbocycles. The molecule has 1 aliphatic rings. The highest BCUT2D eigenvalue weighted by Gasteiger charge is 2.20. The molecular weight excluding hydrogens is 282 g/mol. The summed E-state index contributed by atoms with van der Waals surface area (Å²) in [4.78, 5) is 14.6. The number of morpholine rings is 1. The predicted octanol–water partition coefficient (Wildman–Crippen LogP) is 1.52. The van der Waals surface area contributed by atoms with E-state index in [1.807, 2.05) is 0 Å². The zero-order valence-corrected chi connectivity index (χ0v) is 11.0. The number of carbonyl (C=O) groups is 1. The van der Waals surface area contributed by atoms with Crippen LogP contribution in [0.2, 0.25) is 0 Å². The first-order valence-electron chi connectivity index (χ1n) is 6.39. The SMILES string of the molecule is O=C(N1CCOCC1)n1ncc(-c2cc(F)cc(F)c2)n1. The Kier molecular flexibility index (Phi) is 3.61. The number of halogens is 2. The summed E-state index contributed by atoms with van der Waals surface area (Å²) in [5.41, 5.74) is 0.462. The van der Waals surface area contributed by atoms with Crippen molar-refractivity contribution in [2.75, 3.05) is 26.3 Å². The summed E-state index contributed by atoms with van der Waals surface area (Å²) in [7, 11) is 0. The molecule has 0 bridgehead atoms. The van der Waals surface area contributed by atoms with Crippen LogP contribution in [0, 0.1) is 11.6 Å². The van der Waals surface area contributed by atoms with E-state index in [2.05, 4.69) is 10.2 Å². The molecule has 2 heterocycles. The zero-order chi connectivity index (χ0) is 14.8. The van der Waals surface area contributed by atoms with E-state index in [4.69, 9.17) is 4.74 Å². The average molecular weight is 294 g/mol. The first kappa shape index (κ1) is 13.6. The lowest BCUT2D eigenvalue weighted by Crippen LogP contribution is -2.43. The number of rotatable bonds is 1. The fourth-order valence-corrected chi connectivity index (χ4v) is 2.07. The third-order valence-electron chi connectivity index (χ3n) is 3.10. The molecule has 6 nitrogen and oxygen atoms in total.